The molecule has 2 aromatic carbocycles. The first-order valence-electron chi connectivity index (χ1n) is 7.84. The molecular weight excluding hydrogens is 288 g/mol. The van der Waals surface area contributed by atoms with Crippen LogP contribution in [0.3, 0.4) is 0 Å². The SMILES string of the molecule is O=C(C1=C(c2ccccc2)OC2C(=O)CCC12)c1ccccc1. The van der Waals surface area contributed by atoms with Gasteiger partial charge in [-0.3, -0.25) is 9.59 Å². The van der Waals surface area contributed by atoms with Crippen molar-refractivity contribution in [2.75, 3.05) is 0 Å². The van der Waals surface area contributed by atoms with Gasteiger partial charge < -0.3 is 4.74 Å². The van der Waals surface area contributed by atoms with Gasteiger partial charge in [-0.25, -0.2) is 0 Å². The van der Waals surface area contributed by atoms with Crippen molar-refractivity contribution in [3.8, 4) is 0 Å². The van der Waals surface area contributed by atoms with Gasteiger partial charge >= 0.3 is 0 Å². The Hall–Kier alpha value is -2.68. The van der Waals surface area contributed by atoms with Crippen LogP contribution in [0.2, 0.25) is 0 Å². The summed E-state index contributed by atoms with van der Waals surface area (Å²) in [6, 6.07) is 18.8. The smallest absolute Gasteiger partial charge is 0.193 e. The van der Waals surface area contributed by atoms with Crippen molar-refractivity contribution < 1.29 is 14.3 Å². The summed E-state index contributed by atoms with van der Waals surface area (Å²) in [6.45, 7) is 0. The average Bonchev–Trinajstić information content (AvgIpc) is 3.16. The molecule has 114 valence electrons. The number of rotatable bonds is 3. The van der Waals surface area contributed by atoms with Crippen LogP contribution in [0.25, 0.3) is 5.76 Å². The first-order chi connectivity index (χ1) is 11.3. The Morgan fingerprint density at radius 2 is 1.61 bits per heavy atom. The van der Waals surface area contributed by atoms with Crippen molar-refractivity contribution in [1.29, 1.82) is 0 Å². The quantitative estimate of drug-likeness (QED) is 0.813. The summed E-state index contributed by atoms with van der Waals surface area (Å²) in [5, 5.41) is 0. The molecule has 3 nitrogen and oxygen atoms in total. The van der Waals surface area contributed by atoms with E-state index in [-0.39, 0.29) is 17.5 Å². The van der Waals surface area contributed by atoms with Crippen LogP contribution >= 0.6 is 0 Å². The molecule has 0 amide bonds. The van der Waals surface area contributed by atoms with E-state index < -0.39 is 6.10 Å². The summed E-state index contributed by atoms with van der Waals surface area (Å²) in [4.78, 5) is 25.1. The van der Waals surface area contributed by atoms with Crippen LogP contribution in [0, 0.1) is 5.92 Å². The zero-order valence-electron chi connectivity index (χ0n) is 12.6. The van der Waals surface area contributed by atoms with Crippen LogP contribution in [0.1, 0.15) is 28.8 Å². The number of benzene rings is 2. The molecule has 0 aromatic heterocycles. The molecule has 3 heteroatoms. The van der Waals surface area contributed by atoms with Gasteiger partial charge in [-0.2, -0.15) is 0 Å². The van der Waals surface area contributed by atoms with Crippen molar-refractivity contribution in [3.05, 3.63) is 77.4 Å². The Kier molecular flexibility index (Phi) is 3.34. The lowest BCUT2D eigenvalue weighted by Crippen LogP contribution is -2.21. The normalized spacial score (nSPS) is 22.9. The summed E-state index contributed by atoms with van der Waals surface area (Å²) < 4.78 is 5.95. The minimum Gasteiger partial charge on any atom is -0.481 e. The van der Waals surface area contributed by atoms with Gasteiger partial charge in [-0.15, -0.1) is 0 Å². The fourth-order valence-corrected chi connectivity index (χ4v) is 3.45. The van der Waals surface area contributed by atoms with E-state index in [4.69, 9.17) is 4.74 Å². The Bertz CT molecular complexity index is 790. The fraction of sp³-hybridized carbons (Fsp3) is 0.200. The van der Waals surface area contributed by atoms with Gasteiger partial charge in [0.25, 0.3) is 0 Å². The summed E-state index contributed by atoms with van der Waals surface area (Å²) in [5.74, 6) is 0.513. The molecular formula is C20H16O3. The van der Waals surface area contributed by atoms with Crippen LogP contribution in [0.4, 0.5) is 0 Å². The molecule has 0 radical (unpaired) electrons. The van der Waals surface area contributed by atoms with Gasteiger partial charge in [0.1, 0.15) is 5.76 Å². The van der Waals surface area contributed by atoms with E-state index in [1.54, 1.807) is 0 Å². The fourth-order valence-electron chi connectivity index (χ4n) is 3.45. The lowest BCUT2D eigenvalue weighted by Gasteiger charge is -2.09. The van der Waals surface area contributed by atoms with E-state index in [9.17, 15) is 9.59 Å². The lowest BCUT2D eigenvalue weighted by atomic mass is 9.89. The van der Waals surface area contributed by atoms with Crippen molar-refractivity contribution in [3.63, 3.8) is 0 Å². The summed E-state index contributed by atoms with van der Waals surface area (Å²) in [5.41, 5.74) is 2.15. The van der Waals surface area contributed by atoms with Crippen LogP contribution in [-0.4, -0.2) is 17.7 Å². The van der Waals surface area contributed by atoms with Crippen molar-refractivity contribution in [1.82, 2.24) is 0 Å². The largest absolute Gasteiger partial charge is 0.481 e. The molecule has 1 saturated carbocycles. The molecule has 23 heavy (non-hydrogen) atoms. The van der Waals surface area contributed by atoms with Gasteiger partial charge in [0.05, 0.1) is 5.57 Å². The number of Topliss-reactive ketones (excluding diaryl/α,β-unsaturated/α-hetero) is 2. The van der Waals surface area contributed by atoms with Crippen LogP contribution in [-0.2, 0) is 9.53 Å². The highest BCUT2D eigenvalue weighted by molar-refractivity contribution is 6.14. The third kappa shape index (κ3) is 2.29. The third-order valence-electron chi connectivity index (χ3n) is 4.56. The number of carbonyl (C=O) groups is 2. The van der Waals surface area contributed by atoms with Crippen molar-refractivity contribution in [2.24, 2.45) is 5.92 Å². The number of carbonyl (C=O) groups excluding carboxylic acids is 2. The van der Waals surface area contributed by atoms with E-state index in [0.717, 1.165) is 5.56 Å². The van der Waals surface area contributed by atoms with Crippen LogP contribution < -0.4 is 0 Å². The minimum atomic E-state index is -0.493. The summed E-state index contributed by atoms with van der Waals surface area (Å²) >= 11 is 0. The van der Waals surface area contributed by atoms with E-state index in [1.165, 1.54) is 0 Å². The first-order valence-corrected chi connectivity index (χ1v) is 7.84. The van der Waals surface area contributed by atoms with Crippen molar-refractivity contribution >= 4 is 17.3 Å². The number of hydrogen-bond donors (Lipinski definition) is 0. The molecule has 1 aliphatic carbocycles. The average molecular weight is 304 g/mol. The van der Waals surface area contributed by atoms with E-state index >= 15 is 0 Å². The Morgan fingerprint density at radius 1 is 0.957 bits per heavy atom. The molecule has 1 aliphatic heterocycles. The molecule has 2 aromatic rings. The highest BCUT2D eigenvalue weighted by atomic mass is 16.5. The predicted molar refractivity (Wildman–Crippen MR) is 86.7 cm³/mol. The summed E-state index contributed by atoms with van der Waals surface area (Å²) in [6.07, 6.45) is 0.685. The predicted octanol–water partition coefficient (Wildman–Crippen LogP) is 3.66. The monoisotopic (exact) mass is 304 g/mol. The minimum absolute atomic E-state index is 0.0355. The Morgan fingerprint density at radius 3 is 2.30 bits per heavy atom. The molecule has 0 saturated heterocycles. The molecule has 0 spiro atoms. The van der Waals surface area contributed by atoms with Crippen LogP contribution in [0.15, 0.2) is 66.2 Å². The number of fused-ring (bicyclic) bond motifs is 1. The zero-order valence-corrected chi connectivity index (χ0v) is 12.6. The van der Waals surface area contributed by atoms with E-state index in [1.807, 2.05) is 60.7 Å². The molecule has 0 bridgehead atoms. The van der Waals surface area contributed by atoms with Gasteiger partial charge in [0, 0.05) is 23.5 Å². The maximum absolute atomic E-state index is 13.0. The van der Waals surface area contributed by atoms with E-state index in [0.29, 0.717) is 29.7 Å². The molecule has 0 N–H and O–H groups in total. The Labute approximate surface area is 134 Å². The second-order valence-corrected chi connectivity index (χ2v) is 5.95. The van der Waals surface area contributed by atoms with Gasteiger partial charge in [0.2, 0.25) is 0 Å². The molecule has 2 atom stereocenters. The second-order valence-electron chi connectivity index (χ2n) is 5.95. The third-order valence-corrected chi connectivity index (χ3v) is 4.56. The highest BCUT2D eigenvalue weighted by Gasteiger charge is 2.47. The maximum atomic E-state index is 13.0. The Balaban J connectivity index is 1.83. The zero-order chi connectivity index (χ0) is 15.8. The topological polar surface area (TPSA) is 43.4 Å². The highest BCUT2D eigenvalue weighted by Crippen LogP contribution is 2.45. The second kappa shape index (κ2) is 5.51. The van der Waals surface area contributed by atoms with Gasteiger partial charge in [-0.05, 0) is 6.42 Å². The number of ketones is 2. The molecule has 2 aliphatic rings. The van der Waals surface area contributed by atoms with Gasteiger partial charge in [-0.1, -0.05) is 60.7 Å². The number of ether oxygens (including phenoxy) is 1. The maximum Gasteiger partial charge on any atom is 0.193 e. The molecule has 1 fully saturated rings. The van der Waals surface area contributed by atoms with E-state index in [2.05, 4.69) is 0 Å². The van der Waals surface area contributed by atoms with Crippen molar-refractivity contribution in [2.45, 2.75) is 18.9 Å². The number of hydrogen-bond acceptors (Lipinski definition) is 3. The van der Waals surface area contributed by atoms with Crippen LogP contribution in [0.5, 0.6) is 0 Å². The summed E-state index contributed by atoms with van der Waals surface area (Å²) in [7, 11) is 0. The standard InChI is InChI=1S/C20H16O3/c21-16-12-11-15-17(18(22)13-7-3-1-4-8-13)19(23-20(15)16)14-9-5-2-6-10-14/h1-10,15,20H,11-12H2. The lowest BCUT2D eigenvalue weighted by molar-refractivity contribution is -0.124. The first kappa shape index (κ1) is 13.9. The molecule has 1 heterocycles. The molecule has 4 rings (SSSR count). The van der Waals surface area contributed by atoms with Gasteiger partial charge in [0.15, 0.2) is 17.7 Å². The molecule has 2 unspecified atom stereocenters.